The molecule has 3 rings (SSSR count). The van der Waals surface area contributed by atoms with Crippen molar-refractivity contribution in [2.75, 3.05) is 0 Å². The number of nitrogens with zero attached hydrogens (tertiary/aromatic N) is 2. The van der Waals surface area contributed by atoms with Crippen LogP contribution in [0, 0.1) is 0 Å². The predicted molar refractivity (Wildman–Crippen MR) is 67.4 cm³/mol. The Balaban J connectivity index is 0.000000853. The summed E-state index contributed by atoms with van der Waals surface area (Å²) in [7, 11) is 0. The van der Waals surface area contributed by atoms with Crippen LogP contribution in [0.15, 0.2) is 48.8 Å². The third kappa shape index (κ3) is 1.55. The van der Waals surface area contributed by atoms with Gasteiger partial charge in [-0.05, 0) is 24.3 Å². The van der Waals surface area contributed by atoms with Crippen molar-refractivity contribution in [3.8, 4) is 0 Å². The molecule has 1 aromatic carbocycles. The maximum Gasteiger partial charge on any atom is 0.0795 e. The average molecular weight is 214 g/mol. The van der Waals surface area contributed by atoms with Gasteiger partial charge >= 0.3 is 0 Å². The second-order valence-corrected chi connectivity index (χ2v) is 3.21. The number of rotatable bonds is 0. The molecule has 0 unspecified atom stereocenters. The smallest absolute Gasteiger partial charge is 0.0795 e. The van der Waals surface area contributed by atoms with Gasteiger partial charge in [-0.15, -0.1) is 0 Å². The lowest BCUT2D eigenvalue weighted by molar-refractivity contribution is 1.39. The summed E-state index contributed by atoms with van der Waals surface area (Å²) in [5.41, 5.74) is 2.02. The standard InChI is InChI=1S/C12H8N2.H2S/c1-3-9-5-6-11-10(4-2-7-13-11)12(9)14-8-1;/h1-8H;1H2. The molecule has 0 aliphatic heterocycles. The van der Waals surface area contributed by atoms with E-state index in [-0.39, 0.29) is 13.5 Å². The minimum atomic E-state index is 0. The lowest BCUT2D eigenvalue weighted by Crippen LogP contribution is -1.82. The summed E-state index contributed by atoms with van der Waals surface area (Å²) in [6.45, 7) is 0. The quantitative estimate of drug-likeness (QED) is 0.538. The van der Waals surface area contributed by atoms with Crippen LogP contribution in [0.3, 0.4) is 0 Å². The van der Waals surface area contributed by atoms with E-state index >= 15 is 0 Å². The van der Waals surface area contributed by atoms with Gasteiger partial charge in [-0.25, -0.2) is 0 Å². The summed E-state index contributed by atoms with van der Waals surface area (Å²) >= 11 is 0. The molecule has 2 nitrogen and oxygen atoms in total. The van der Waals surface area contributed by atoms with Crippen molar-refractivity contribution in [3.05, 3.63) is 48.8 Å². The van der Waals surface area contributed by atoms with E-state index in [9.17, 15) is 0 Å². The highest BCUT2D eigenvalue weighted by Crippen LogP contribution is 2.20. The largest absolute Gasteiger partial charge is 0.256 e. The first-order chi connectivity index (χ1) is 6.95. The fourth-order valence-electron chi connectivity index (χ4n) is 1.70. The van der Waals surface area contributed by atoms with E-state index in [0.29, 0.717) is 0 Å². The van der Waals surface area contributed by atoms with E-state index < -0.39 is 0 Å². The van der Waals surface area contributed by atoms with Gasteiger partial charge in [0.25, 0.3) is 0 Å². The second-order valence-electron chi connectivity index (χ2n) is 3.21. The lowest BCUT2D eigenvalue weighted by atomic mass is 10.1. The van der Waals surface area contributed by atoms with Crippen molar-refractivity contribution in [2.45, 2.75) is 0 Å². The summed E-state index contributed by atoms with van der Waals surface area (Å²) in [6, 6.07) is 12.1. The molecule has 0 atom stereocenters. The Hall–Kier alpha value is -1.61. The first kappa shape index (κ1) is 9.93. The Bertz CT molecular complexity index is 553. The molecule has 3 aromatic rings. The first-order valence-corrected chi connectivity index (χ1v) is 4.53. The Morgan fingerprint density at radius 1 is 0.800 bits per heavy atom. The van der Waals surface area contributed by atoms with Gasteiger partial charge in [0.1, 0.15) is 0 Å². The molecule has 3 heteroatoms. The van der Waals surface area contributed by atoms with E-state index in [1.54, 1.807) is 6.20 Å². The van der Waals surface area contributed by atoms with Crippen LogP contribution in [0.25, 0.3) is 21.8 Å². The van der Waals surface area contributed by atoms with Crippen LogP contribution in [0.5, 0.6) is 0 Å². The fraction of sp³-hybridized carbons (Fsp3) is 0. The Kier molecular flexibility index (Phi) is 2.56. The third-order valence-corrected chi connectivity index (χ3v) is 2.35. The monoisotopic (exact) mass is 214 g/mol. The molecule has 0 saturated carbocycles. The highest BCUT2D eigenvalue weighted by molar-refractivity contribution is 7.59. The van der Waals surface area contributed by atoms with E-state index in [0.717, 1.165) is 21.8 Å². The van der Waals surface area contributed by atoms with Gasteiger partial charge in [-0.1, -0.05) is 12.1 Å². The van der Waals surface area contributed by atoms with Crippen LogP contribution in [-0.4, -0.2) is 9.97 Å². The third-order valence-electron chi connectivity index (χ3n) is 2.35. The molecule has 0 aliphatic carbocycles. The maximum atomic E-state index is 4.37. The molecule has 0 amide bonds. The van der Waals surface area contributed by atoms with Crippen molar-refractivity contribution in [1.29, 1.82) is 0 Å². The van der Waals surface area contributed by atoms with Crippen LogP contribution in [-0.2, 0) is 0 Å². The molecule has 0 saturated heterocycles. The summed E-state index contributed by atoms with van der Waals surface area (Å²) in [5.74, 6) is 0. The zero-order valence-corrected chi connectivity index (χ0v) is 9.01. The number of benzene rings is 1. The predicted octanol–water partition coefficient (Wildman–Crippen LogP) is 2.90. The van der Waals surface area contributed by atoms with Crippen molar-refractivity contribution in [1.82, 2.24) is 9.97 Å². The van der Waals surface area contributed by atoms with Crippen LogP contribution >= 0.6 is 13.5 Å². The minimum Gasteiger partial charge on any atom is -0.256 e. The van der Waals surface area contributed by atoms with Gasteiger partial charge in [0.05, 0.1) is 11.0 Å². The average Bonchev–Trinajstić information content (AvgIpc) is 2.29. The van der Waals surface area contributed by atoms with Crippen molar-refractivity contribution >= 4 is 35.3 Å². The van der Waals surface area contributed by atoms with Crippen LogP contribution < -0.4 is 0 Å². The molecule has 2 heterocycles. The molecule has 0 aliphatic rings. The highest BCUT2D eigenvalue weighted by atomic mass is 32.1. The van der Waals surface area contributed by atoms with Crippen molar-refractivity contribution in [2.24, 2.45) is 0 Å². The molecule has 0 fully saturated rings. The first-order valence-electron chi connectivity index (χ1n) is 4.53. The zero-order valence-electron chi connectivity index (χ0n) is 8.01. The molecular weight excluding hydrogens is 204 g/mol. The van der Waals surface area contributed by atoms with Gasteiger partial charge < -0.3 is 0 Å². The topological polar surface area (TPSA) is 25.8 Å². The minimum absolute atomic E-state index is 0. The van der Waals surface area contributed by atoms with E-state index in [2.05, 4.69) is 28.2 Å². The molecule has 0 bridgehead atoms. The highest BCUT2D eigenvalue weighted by Gasteiger charge is 1.99. The van der Waals surface area contributed by atoms with E-state index in [4.69, 9.17) is 0 Å². The molecule has 15 heavy (non-hydrogen) atoms. The van der Waals surface area contributed by atoms with Crippen LogP contribution in [0.1, 0.15) is 0 Å². The van der Waals surface area contributed by atoms with Gasteiger partial charge in [0.2, 0.25) is 0 Å². The van der Waals surface area contributed by atoms with E-state index in [1.807, 2.05) is 24.4 Å². The lowest BCUT2D eigenvalue weighted by Gasteiger charge is -2.00. The fourth-order valence-corrected chi connectivity index (χ4v) is 1.70. The maximum absolute atomic E-state index is 4.37. The molecule has 0 radical (unpaired) electrons. The number of hydrogen-bond acceptors (Lipinski definition) is 2. The molecule has 74 valence electrons. The summed E-state index contributed by atoms with van der Waals surface area (Å²) in [6.07, 6.45) is 3.62. The number of fused-ring (bicyclic) bond motifs is 3. The van der Waals surface area contributed by atoms with Crippen molar-refractivity contribution in [3.63, 3.8) is 0 Å². The van der Waals surface area contributed by atoms with Crippen molar-refractivity contribution < 1.29 is 0 Å². The normalized spacial score (nSPS) is 10.1. The van der Waals surface area contributed by atoms with Gasteiger partial charge in [0.15, 0.2) is 0 Å². The van der Waals surface area contributed by atoms with E-state index in [1.165, 1.54) is 0 Å². The Morgan fingerprint density at radius 2 is 1.60 bits per heavy atom. The van der Waals surface area contributed by atoms with Gasteiger partial charge in [-0.2, -0.15) is 13.5 Å². The van der Waals surface area contributed by atoms with Crippen LogP contribution in [0.2, 0.25) is 0 Å². The number of aromatic nitrogens is 2. The molecular formula is C12H10N2S. The zero-order chi connectivity index (χ0) is 9.38. The number of pyridine rings is 2. The Morgan fingerprint density at radius 3 is 2.53 bits per heavy atom. The van der Waals surface area contributed by atoms with Gasteiger partial charge in [-0.3, -0.25) is 9.97 Å². The molecule has 2 aromatic heterocycles. The summed E-state index contributed by atoms with van der Waals surface area (Å²) in [5, 5.41) is 2.28. The second kappa shape index (κ2) is 3.87. The summed E-state index contributed by atoms with van der Waals surface area (Å²) in [4.78, 5) is 8.66. The molecule has 0 spiro atoms. The number of hydrogen-bond donors (Lipinski definition) is 0. The SMILES string of the molecule is S.c1cnc2c(c1)ccc1ncccc12. The van der Waals surface area contributed by atoms with Gasteiger partial charge in [0, 0.05) is 23.2 Å². The molecule has 0 N–H and O–H groups in total. The Labute approximate surface area is 94.4 Å². The summed E-state index contributed by atoms with van der Waals surface area (Å²) < 4.78 is 0. The van der Waals surface area contributed by atoms with Crippen LogP contribution in [0.4, 0.5) is 0 Å².